The van der Waals surface area contributed by atoms with Crippen molar-refractivity contribution in [3.05, 3.63) is 24.3 Å². The van der Waals surface area contributed by atoms with Gasteiger partial charge in [-0.1, -0.05) is 19.3 Å². The normalized spacial score (nSPS) is 16.1. The Labute approximate surface area is 142 Å². The average Bonchev–Trinajstić information content (AvgIpc) is 2.61. The van der Waals surface area contributed by atoms with Crippen molar-refractivity contribution >= 4 is 11.9 Å². The molecule has 1 aromatic rings. The highest BCUT2D eigenvalue weighted by Gasteiger charge is 2.22. The van der Waals surface area contributed by atoms with E-state index in [-0.39, 0.29) is 18.6 Å². The summed E-state index contributed by atoms with van der Waals surface area (Å²) in [5.41, 5.74) is 0. The van der Waals surface area contributed by atoms with Crippen LogP contribution in [0.25, 0.3) is 0 Å². The lowest BCUT2D eigenvalue weighted by atomic mass is 9.95. The van der Waals surface area contributed by atoms with Crippen LogP contribution in [-0.4, -0.2) is 37.7 Å². The van der Waals surface area contributed by atoms with E-state index in [1.54, 1.807) is 38.3 Å². The van der Waals surface area contributed by atoms with Crippen molar-refractivity contribution in [3.8, 4) is 11.5 Å². The first-order valence-corrected chi connectivity index (χ1v) is 8.35. The highest BCUT2D eigenvalue weighted by Crippen LogP contribution is 2.18. The number of hydrogen-bond donors (Lipinski definition) is 1. The van der Waals surface area contributed by atoms with Gasteiger partial charge in [-0.25, -0.2) is 4.79 Å². The molecular weight excluding hydrogens is 310 g/mol. The summed E-state index contributed by atoms with van der Waals surface area (Å²) in [5.74, 6) is 0.418. The second kappa shape index (κ2) is 9.15. The summed E-state index contributed by atoms with van der Waals surface area (Å²) in [6, 6.07) is 7.07. The van der Waals surface area contributed by atoms with Gasteiger partial charge in [-0.15, -0.1) is 0 Å². The minimum atomic E-state index is -0.820. The van der Waals surface area contributed by atoms with E-state index in [1.807, 2.05) is 0 Å². The predicted molar refractivity (Wildman–Crippen MR) is 89.1 cm³/mol. The van der Waals surface area contributed by atoms with Crippen molar-refractivity contribution in [2.24, 2.45) is 0 Å². The largest absolute Gasteiger partial charge is 0.497 e. The smallest absolute Gasteiger partial charge is 0.344 e. The summed E-state index contributed by atoms with van der Waals surface area (Å²) in [4.78, 5) is 23.8. The van der Waals surface area contributed by atoms with E-state index < -0.39 is 12.1 Å². The molecule has 6 heteroatoms. The Morgan fingerprint density at radius 3 is 2.38 bits per heavy atom. The number of methoxy groups -OCH3 is 1. The number of rotatable bonds is 7. The maximum Gasteiger partial charge on any atom is 0.344 e. The molecule has 1 aromatic carbocycles. The lowest BCUT2D eigenvalue weighted by molar-refractivity contribution is -0.156. The number of nitrogens with one attached hydrogen (secondary N) is 1. The van der Waals surface area contributed by atoms with Gasteiger partial charge in [-0.2, -0.15) is 0 Å². The second-order valence-corrected chi connectivity index (χ2v) is 5.94. The van der Waals surface area contributed by atoms with E-state index in [2.05, 4.69) is 5.32 Å². The Kier molecular flexibility index (Phi) is 6.90. The zero-order valence-electron chi connectivity index (χ0n) is 14.2. The van der Waals surface area contributed by atoms with Gasteiger partial charge < -0.3 is 19.5 Å². The Hall–Kier alpha value is -2.24. The molecule has 1 atom stereocenters. The van der Waals surface area contributed by atoms with Crippen LogP contribution < -0.4 is 14.8 Å². The van der Waals surface area contributed by atoms with Gasteiger partial charge in [-0.3, -0.25) is 4.79 Å². The maximum atomic E-state index is 12.0. The second-order valence-electron chi connectivity index (χ2n) is 5.94. The third-order valence-electron chi connectivity index (χ3n) is 4.05. The van der Waals surface area contributed by atoms with Crippen LogP contribution in [0.2, 0.25) is 0 Å². The fraction of sp³-hybridized carbons (Fsp3) is 0.556. The molecule has 1 aliphatic rings. The number of carbonyl (C=O) groups excluding carboxylic acids is 2. The summed E-state index contributed by atoms with van der Waals surface area (Å²) < 4.78 is 15.5. The van der Waals surface area contributed by atoms with Crippen molar-refractivity contribution in [2.75, 3.05) is 13.7 Å². The summed E-state index contributed by atoms with van der Waals surface area (Å²) in [6.07, 6.45) is 4.65. The highest BCUT2D eigenvalue weighted by atomic mass is 16.6. The first-order valence-electron chi connectivity index (χ1n) is 8.35. The van der Waals surface area contributed by atoms with Crippen molar-refractivity contribution in [3.63, 3.8) is 0 Å². The molecule has 1 amide bonds. The zero-order chi connectivity index (χ0) is 17.4. The highest BCUT2D eigenvalue weighted by molar-refractivity contribution is 5.83. The molecule has 2 rings (SSSR count). The topological polar surface area (TPSA) is 73.9 Å². The summed E-state index contributed by atoms with van der Waals surface area (Å²) in [5, 5.41) is 2.94. The molecule has 1 N–H and O–H groups in total. The van der Waals surface area contributed by atoms with Gasteiger partial charge in [0.2, 0.25) is 0 Å². The molecule has 0 spiro atoms. The van der Waals surface area contributed by atoms with Crippen LogP contribution in [0.1, 0.15) is 39.0 Å². The molecule has 0 saturated heterocycles. The SMILES string of the molecule is COc1ccc(OCC(=O)OC(C)C(=O)NC2CCCCC2)cc1. The molecule has 0 heterocycles. The Morgan fingerprint density at radius 2 is 1.75 bits per heavy atom. The molecule has 132 valence electrons. The minimum Gasteiger partial charge on any atom is -0.497 e. The molecule has 1 aliphatic carbocycles. The van der Waals surface area contributed by atoms with Crippen LogP contribution >= 0.6 is 0 Å². The quantitative estimate of drug-likeness (QED) is 0.775. The number of hydrogen-bond acceptors (Lipinski definition) is 5. The van der Waals surface area contributed by atoms with E-state index in [1.165, 1.54) is 6.42 Å². The van der Waals surface area contributed by atoms with E-state index in [9.17, 15) is 9.59 Å². The van der Waals surface area contributed by atoms with Gasteiger partial charge in [0.1, 0.15) is 11.5 Å². The summed E-state index contributed by atoms with van der Waals surface area (Å²) in [6.45, 7) is 1.33. The van der Waals surface area contributed by atoms with E-state index >= 15 is 0 Å². The van der Waals surface area contributed by atoms with Crippen molar-refractivity contribution in [1.82, 2.24) is 5.32 Å². The molecule has 1 unspecified atom stereocenters. The third-order valence-corrected chi connectivity index (χ3v) is 4.05. The molecule has 1 saturated carbocycles. The lowest BCUT2D eigenvalue weighted by Crippen LogP contribution is -2.43. The number of amides is 1. The molecule has 0 radical (unpaired) electrons. The van der Waals surface area contributed by atoms with Crippen molar-refractivity contribution < 1.29 is 23.8 Å². The Balaban J connectivity index is 1.70. The van der Waals surface area contributed by atoms with Crippen molar-refractivity contribution in [1.29, 1.82) is 0 Å². The van der Waals surface area contributed by atoms with Gasteiger partial charge in [0.25, 0.3) is 5.91 Å². The van der Waals surface area contributed by atoms with Crippen LogP contribution in [0.15, 0.2) is 24.3 Å². The lowest BCUT2D eigenvalue weighted by Gasteiger charge is -2.24. The molecule has 0 aliphatic heterocycles. The fourth-order valence-electron chi connectivity index (χ4n) is 2.66. The summed E-state index contributed by atoms with van der Waals surface area (Å²) >= 11 is 0. The first kappa shape index (κ1) is 18.1. The molecular formula is C18H25NO5. The standard InChI is InChI=1S/C18H25NO5/c1-13(18(21)19-14-6-4-3-5-7-14)24-17(20)12-23-16-10-8-15(22-2)9-11-16/h8-11,13-14H,3-7,12H2,1-2H3,(H,19,21). The number of carbonyl (C=O) groups is 2. The maximum absolute atomic E-state index is 12.0. The van der Waals surface area contributed by atoms with Gasteiger partial charge in [-0.05, 0) is 44.0 Å². The third kappa shape index (κ3) is 5.76. The number of ether oxygens (including phenoxy) is 3. The van der Waals surface area contributed by atoms with E-state index in [0.29, 0.717) is 11.5 Å². The average molecular weight is 335 g/mol. The molecule has 0 bridgehead atoms. The Bertz CT molecular complexity index is 537. The number of benzene rings is 1. The predicted octanol–water partition coefficient (Wildman–Crippen LogP) is 2.45. The molecule has 0 aromatic heterocycles. The van der Waals surface area contributed by atoms with Gasteiger partial charge >= 0.3 is 5.97 Å². The minimum absolute atomic E-state index is 0.197. The zero-order valence-corrected chi connectivity index (χ0v) is 14.2. The summed E-state index contributed by atoms with van der Waals surface area (Å²) in [7, 11) is 1.58. The fourth-order valence-corrected chi connectivity index (χ4v) is 2.66. The van der Waals surface area contributed by atoms with Crippen LogP contribution in [0.5, 0.6) is 11.5 Å². The number of esters is 1. The molecule has 1 fully saturated rings. The first-order chi connectivity index (χ1) is 11.6. The van der Waals surface area contributed by atoms with Crippen LogP contribution in [0, 0.1) is 0 Å². The Morgan fingerprint density at radius 1 is 1.12 bits per heavy atom. The van der Waals surface area contributed by atoms with E-state index in [4.69, 9.17) is 14.2 Å². The van der Waals surface area contributed by atoms with Gasteiger partial charge in [0.05, 0.1) is 7.11 Å². The monoisotopic (exact) mass is 335 g/mol. The van der Waals surface area contributed by atoms with Gasteiger partial charge in [0.15, 0.2) is 12.7 Å². The molecule has 6 nitrogen and oxygen atoms in total. The van der Waals surface area contributed by atoms with Crippen LogP contribution in [0.3, 0.4) is 0 Å². The van der Waals surface area contributed by atoms with Crippen LogP contribution in [0.4, 0.5) is 0 Å². The van der Waals surface area contributed by atoms with E-state index in [0.717, 1.165) is 25.7 Å². The molecule has 24 heavy (non-hydrogen) atoms. The van der Waals surface area contributed by atoms with Crippen molar-refractivity contribution in [2.45, 2.75) is 51.2 Å². The van der Waals surface area contributed by atoms with Crippen LogP contribution in [-0.2, 0) is 14.3 Å². The van der Waals surface area contributed by atoms with Gasteiger partial charge in [0, 0.05) is 6.04 Å².